The van der Waals surface area contributed by atoms with Gasteiger partial charge in [-0.3, -0.25) is 4.79 Å². The van der Waals surface area contributed by atoms with Crippen LogP contribution in [0.25, 0.3) is 0 Å². The van der Waals surface area contributed by atoms with E-state index in [0.717, 1.165) is 35.5 Å². The van der Waals surface area contributed by atoms with Gasteiger partial charge in [-0.05, 0) is 48.1 Å². The standard InChI is InChI=1S/C22H27N3O2/c1-16(2)12-13-25-20-10-9-19(14-18(20)8-11-21(25)26)24-22(27)23-15-17-6-4-3-5-7-17/h3-7,9-10,14,16H,8,11-13,15H2,1-2H3,(H2,23,24,27). The Kier molecular flexibility index (Phi) is 6.12. The Morgan fingerprint density at radius 1 is 1.11 bits per heavy atom. The lowest BCUT2D eigenvalue weighted by molar-refractivity contribution is -0.118. The first-order valence-corrected chi connectivity index (χ1v) is 9.55. The minimum Gasteiger partial charge on any atom is -0.334 e. The van der Waals surface area contributed by atoms with E-state index in [2.05, 4.69) is 24.5 Å². The summed E-state index contributed by atoms with van der Waals surface area (Å²) in [4.78, 5) is 26.3. The zero-order valence-corrected chi connectivity index (χ0v) is 16.0. The summed E-state index contributed by atoms with van der Waals surface area (Å²) in [6, 6.07) is 15.3. The van der Waals surface area contributed by atoms with Crippen molar-refractivity contribution in [2.24, 2.45) is 5.92 Å². The summed E-state index contributed by atoms with van der Waals surface area (Å²) in [5.74, 6) is 0.738. The van der Waals surface area contributed by atoms with Crippen molar-refractivity contribution in [1.29, 1.82) is 0 Å². The van der Waals surface area contributed by atoms with Crippen molar-refractivity contribution in [1.82, 2.24) is 5.32 Å². The molecule has 5 nitrogen and oxygen atoms in total. The highest BCUT2D eigenvalue weighted by Gasteiger charge is 2.24. The number of rotatable bonds is 6. The molecule has 2 aromatic rings. The van der Waals surface area contributed by atoms with Gasteiger partial charge in [0.2, 0.25) is 5.91 Å². The van der Waals surface area contributed by atoms with Crippen LogP contribution in [0.15, 0.2) is 48.5 Å². The molecule has 0 aromatic heterocycles. The number of benzene rings is 2. The van der Waals surface area contributed by atoms with Crippen LogP contribution in [0, 0.1) is 5.92 Å². The highest BCUT2D eigenvalue weighted by Crippen LogP contribution is 2.30. The van der Waals surface area contributed by atoms with Gasteiger partial charge in [0, 0.05) is 30.9 Å². The lowest BCUT2D eigenvalue weighted by atomic mass is 9.99. The number of nitrogens with one attached hydrogen (secondary N) is 2. The first kappa shape index (κ1) is 19.0. The minimum absolute atomic E-state index is 0.185. The van der Waals surface area contributed by atoms with Crippen molar-refractivity contribution in [3.8, 4) is 0 Å². The van der Waals surface area contributed by atoms with Crippen LogP contribution in [0.3, 0.4) is 0 Å². The van der Waals surface area contributed by atoms with E-state index >= 15 is 0 Å². The largest absolute Gasteiger partial charge is 0.334 e. The molecule has 0 radical (unpaired) electrons. The fourth-order valence-corrected chi connectivity index (χ4v) is 3.22. The van der Waals surface area contributed by atoms with Crippen molar-refractivity contribution in [2.45, 2.75) is 39.7 Å². The van der Waals surface area contributed by atoms with E-state index in [1.165, 1.54) is 0 Å². The second-order valence-corrected chi connectivity index (χ2v) is 7.36. The number of carbonyl (C=O) groups excluding carboxylic acids is 2. The summed E-state index contributed by atoms with van der Waals surface area (Å²) in [5, 5.41) is 5.75. The molecule has 0 bridgehead atoms. The maximum Gasteiger partial charge on any atom is 0.319 e. The topological polar surface area (TPSA) is 61.4 Å². The normalized spacial score (nSPS) is 13.4. The molecule has 0 unspecified atom stereocenters. The minimum atomic E-state index is -0.234. The van der Waals surface area contributed by atoms with E-state index in [-0.39, 0.29) is 11.9 Å². The van der Waals surface area contributed by atoms with Crippen molar-refractivity contribution in [3.63, 3.8) is 0 Å². The number of anilines is 2. The third-order valence-electron chi connectivity index (χ3n) is 4.76. The second kappa shape index (κ2) is 8.71. The van der Waals surface area contributed by atoms with Gasteiger partial charge in [-0.25, -0.2) is 4.79 Å². The lowest BCUT2D eigenvalue weighted by Gasteiger charge is -2.30. The fraction of sp³-hybridized carbons (Fsp3) is 0.364. The van der Waals surface area contributed by atoms with Crippen molar-refractivity contribution < 1.29 is 9.59 Å². The molecule has 5 heteroatoms. The zero-order chi connectivity index (χ0) is 19.2. The molecule has 1 aliphatic rings. The maximum atomic E-state index is 12.3. The molecule has 0 spiro atoms. The van der Waals surface area contributed by atoms with Crippen LogP contribution >= 0.6 is 0 Å². The maximum absolute atomic E-state index is 12.3. The van der Waals surface area contributed by atoms with Crippen LogP contribution in [0.1, 0.15) is 37.8 Å². The summed E-state index contributed by atoms with van der Waals surface area (Å²) >= 11 is 0. The SMILES string of the molecule is CC(C)CCN1C(=O)CCc2cc(NC(=O)NCc3ccccc3)ccc21. The quantitative estimate of drug-likeness (QED) is 0.800. The van der Waals surface area contributed by atoms with Crippen LogP contribution in [0.5, 0.6) is 0 Å². The number of amides is 3. The van der Waals surface area contributed by atoms with E-state index in [0.29, 0.717) is 25.3 Å². The molecule has 0 aliphatic carbocycles. The Balaban J connectivity index is 1.63. The van der Waals surface area contributed by atoms with Crippen LogP contribution in [0.4, 0.5) is 16.2 Å². The third-order valence-corrected chi connectivity index (χ3v) is 4.76. The number of urea groups is 1. The number of aryl methyl sites for hydroxylation is 1. The van der Waals surface area contributed by atoms with Crippen molar-refractivity contribution in [2.75, 3.05) is 16.8 Å². The van der Waals surface area contributed by atoms with Gasteiger partial charge in [0.1, 0.15) is 0 Å². The van der Waals surface area contributed by atoms with Crippen LogP contribution < -0.4 is 15.5 Å². The Morgan fingerprint density at radius 2 is 1.89 bits per heavy atom. The number of carbonyl (C=O) groups is 2. The molecule has 3 amide bonds. The molecule has 3 rings (SSSR count). The summed E-state index contributed by atoms with van der Waals surface area (Å²) in [7, 11) is 0. The molecule has 142 valence electrons. The number of hydrogen-bond acceptors (Lipinski definition) is 2. The molecule has 2 N–H and O–H groups in total. The van der Waals surface area contributed by atoms with Gasteiger partial charge in [-0.15, -0.1) is 0 Å². The van der Waals surface area contributed by atoms with Gasteiger partial charge in [-0.2, -0.15) is 0 Å². The molecular formula is C22H27N3O2. The predicted molar refractivity (Wildman–Crippen MR) is 109 cm³/mol. The van der Waals surface area contributed by atoms with Crippen molar-refractivity contribution in [3.05, 3.63) is 59.7 Å². The fourth-order valence-electron chi connectivity index (χ4n) is 3.22. The Hall–Kier alpha value is -2.82. The highest BCUT2D eigenvalue weighted by molar-refractivity contribution is 5.97. The summed E-state index contributed by atoms with van der Waals surface area (Å²) < 4.78 is 0. The Morgan fingerprint density at radius 3 is 2.63 bits per heavy atom. The predicted octanol–water partition coefficient (Wildman–Crippen LogP) is 4.33. The third kappa shape index (κ3) is 5.09. The Bertz CT molecular complexity index is 802. The number of fused-ring (bicyclic) bond motifs is 1. The first-order chi connectivity index (χ1) is 13.0. The second-order valence-electron chi connectivity index (χ2n) is 7.36. The van der Waals surface area contributed by atoms with Gasteiger partial charge < -0.3 is 15.5 Å². The molecule has 0 fully saturated rings. The van der Waals surface area contributed by atoms with E-state index in [9.17, 15) is 9.59 Å². The molecule has 0 atom stereocenters. The molecule has 0 saturated heterocycles. The molecule has 27 heavy (non-hydrogen) atoms. The van der Waals surface area contributed by atoms with Crippen LogP contribution in [0.2, 0.25) is 0 Å². The van der Waals surface area contributed by atoms with Gasteiger partial charge in [0.05, 0.1) is 0 Å². The van der Waals surface area contributed by atoms with Gasteiger partial charge in [-0.1, -0.05) is 44.2 Å². The number of nitrogens with zero attached hydrogens (tertiary/aromatic N) is 1. The first-order valence-electron chi connectivity index (χ1n) is 9.55. The van der Waals surface area contributed by atoms with E-state index in [4.69, 9.17) is 0 Å². The van der Waals surface area contributed by atoms with Gasteiger partial charge in [0.15, 0.2) is 0 Å². The summed E-state index contributed by atoms with van der Waals surface area (Å²) in [5.41, 5.74) is 3.89. The van der Waals surface area contributed by atoms with Crippen LogP contribution in [-0.4, -0.2) is 18.5 Å². The van der Waals surface area contributed by atoms with E-state index in [1.54, 1.807) is 0 Å². The van der Waals surface area contributed by atoms with Crippen LogP contribution in [-0.2, 0) is 17.8 Å². The Labute approximate surface area is 160 Å². The monoisotopic (exact) mass is 365 g/mol. The molecule has 2 aromatic carbocycles. The van der Waals surface area contributed by atoms with Gasteiger partial charge >= 0.3 is 6.03 Å². The lowest BCUT2D eigenvalue weighted by Crippen LogP contribution is -2.36. The smallest absolute Gasteiger partial charge is 0.319 e. The average molecular weight is 365 g/mol. The number of hydrogen-bond donors (Lipinski definition) is 2. The zero-order valence-electron chi connectivity index (χ0n) is 16.0. The van der Waals surface area contributed by atoms with E-state index in [1.807, 2.05) is 53.4 Å². The molecule has 1 heterocycles. The molecular weight excluding hydrogens is 338 g/mol. The van der Waals surface area contributed by atoms with E-state index < -0.39 is 0 Å². The average Bonchev–Trinajstić information content (AvgIpc) is 2.66. The summed E-state index contributed by atoms with van der Waals surface area (Å²) in [6.45, 7) is 5.55. The molecule has 0 saturated carbocycles. The molecule has 1 aliphatic heterocycles. The highest BCUT2D eigenvalue weighted by atomic mass is 16.2. The summed E-state index contributed by atoms with van der Waals surface area (Å²) in [6.07, 6.45) is 2.22. The van der Waals surface area contributed by atoms with Crippen molar-refractivity contribution >= 4 is 23.3 Å². The van der Waals surface area contributed by atoms with Gasteiger partial charge in [0.25, 0.3) is 0 Å².